The predicted octanol–water partition coefficient (Wildman–Crippen LogP) is 3.76. The highest BCUT2D eigenvalue weighted by molar-refractivity contribution is 5.88. The molecule has 2 rings (SSSR count). The SMILES string of the molecule is CCC1CCC(Nc2ccc(C(=O)O)cc2F)C1C. The lowest BCUT2D eigenvalue weighted by atomic mass is 9.93. The van der Waals surface area contributed by atoms with Gasteiger partial charge in [-0.1, -0.05) is 20.3 Å². The first-order chi connectivity index (χ1) is 9.02. The van der Waals surface area contributed by atoms with Crippen LogP contribution in [0.5, 0.6) is 0 Å². The second-order valence-electron chi connectivity index (χ2n) is 5.36. The summed E-state index contributed by atoms with van der Waals surface area (Å²) in [5.41, 5.74) is 0.382. The number of nitrogens with one attached hydrogen (secondary N) is 1. The van der Waals surface area contributed by atoms with Gasteiger partial charge in [-0.2, -0.15) is 0 Å². The van der Waals surface area contributed by atoms with Gasteiger partial charge in [-0.05, 0) is 42.9 Å². The van der Waals surface area contributed by atoms with Gasteiger partial charge in [-0.25, -0.2) is 9.18 Å². The van der Waals surface area contributed by atoms with E-state index < -0.39 is 11.8 Å². The largest absolute Gasteiger partial charge is 0.478 e. The third kappa shape index (κ3) is 2.88. The number of carbonyl (C=O) groups is 1. The summed E-state index contributed by atoms with van der Waals surface area (Å²) in [5.74, 6) is -0.389. The first-order valence-corrected chi connectivity index (χ1v) is 6.82. The molecule has 0 heterocycles. The summed E-state index contributed by atoms with van der Waals surface area (Å²) < 4.78 is 13.8. The Hall–Kier alpha value is -1.58. The summed E-state index contributed by atoms with van der Waals surface area (Å²) in [5, 5.41) is 12.0. The molecule has 0 amide bonds. The summed E-state index contributed by atoms with van der Waals surface area (Å²) in [6.07, 6.45) is 3.36. The summed E-state index contributed by atoms with van der Waals surface area (Å²) in [4.78, 5) is 10.8. The average Bonchev–Trinajstić information content (AvgIpc) is 2.72. The molecule has 1 aliphatic rings. The number of carboxylic acid groups (broad SMARTS) is 1. The Bertz CT molecular complexity index is 475. The smallest absolute Gasteiger partial charge is 0.335 e. The van der Waals surface area contributed by atoms with Gasteiger partial charge in [0.05, 0.1) is 11.3 Å². The van der Waals surface area contributed by atoms with Gasteiger partial charge in [-0.15, -0.1) is 0 Å². The quantitative estimate of drug-likeness (QED) is 0.871. The molecule has 3 unspecified atom stereocenters. The Kier molecular flexibility index (Phi) is 4.08. The van der Waals surface area contributed by atoms with E-state index in [1.165, 1.54) is 18.6 Å². The molecule has 19 heavy (non-hydrogen) atoms. The fourth-order valence-corrected chi connectivity index (χ4v) is 2.99. The molecule has 1 fully saturated rings. The monoisotopic (exact) mass is 265 g/mol. The molecule has 0 spiro atoms. The molecule has 2 N–H and O–H groups in total. The molecule has 104 valence electrons. The highest BCUT2D eigenvalue weighted by Crippen LogP contribution is 2.36. The molecule has 3 nitrogen and oxygen atoms in total. The van der Waals surface area contributed by atoms with E-state index in [9.17, 15) is 9.18 Å². The van der Waals surface area contributed by atoms with Crippen LogP contribution in [0.4, 0.5) is 10.1 Å². The van der Waals surface area contributed by atoms with E-state index in [0.717, 1.165) is 18.9 Å². The van der Waals surface area contributed by atoms with E-state index in [4.69, 9.17) is 5.11 Å². The van der Waals surface area contributed by atoms with E-state index in [0.29, 0.717) is 17.5 Å². The first kappa shape index (κ1) is 13.8. The van der Waals surface area contributed by atoms with Gasteiger partial charge < -0.3 is 10.4 Å². The van der Waals surface area contributed by atoms with E-state index >= 15 is 0 Å². The lowest BCUT2D eigenvalue weighted by Gasteiger charge is -2.22. The molecule has 4 heteroatoms. The van der Waals surface area contributed by atoms with Crippen molar-refractivity contribution >= 4 is 11.7 Å². The molecule has 1 aromatic rings. The van der Waals surface area contributed by atoms with E-state index in [-0.39, 0.29) is 11.6 Å². The van der Waals surface area contributed by atoms with E-state index in [1.807, 2.05) is 0 Å². The molecule has 3 atom stereocenters. The van der Waals surface area contributed by atoms with Crippen molar-refractivity contribution in [3.63, 3.8) is 0 Å². The first-order valence-electron chi connectivity index (χ1n) is 6.82. The van der Waals surface area contributed by atoms with Crippen LogP contribution in [-0.4, -0.2) is 17.1 Å². The van der Waals surface area contributed by atoms with Crippen molar-refractivity contribution in [1.29, 1.82) is 0 Å². The zero-order chi connectivity index (χ0) is 14.0. The van der Waals surface area contributed by atoms with Crippen molar-refractivity contribution in [2.75, 3.05) is 5.32 Å². The minimum absolute atomic E-state index is 0.0195. The van der Waals surface area contributed by atoms with Gasteiger partial charge >= 0.3 is 5.97 Å². The molecular formula is C15H20FNO2. The molecule has 0 radical (unpaired) electrons. The number of anilines is 1. The summed E-state index contributed by atoms with van der Waals surface area (Å²) in [6.45, 7) is 4.38. The van der Waals surface area contributed by atoms with E-state index in [1.54, 1.807) is 0 Å². The maximum absolute atomic E-state index is 13.8. The molecule has 1 saturated carbocycles. The Balaban J connectivity index is 2.10. The van der Waals surface area contributed by atoms with Crippen molar-refractivity contribution < 1.29 is 14.3 Å². The highest BCUT2D eigenvalue weighted by atomic mass is 19.1. The summed E-state index contributed by atoms with van der Waals surface area (Å²) in [6, 6.07) is 4.30. The minimum atomic E-state index is -1.11. The molecule has 0 bridgehead atoms. The van der Waals surface area contributed by atoms with Gasteiger partial charge in [0.2, 0.25) is 0 Å². The molecule has 1 aliphatic carbocycles. The van der Waals surface area contributed by atoms with Crippen LogP contribution in [0.25, 0.3) is 0 Å². The number of hydrogen-bond donors (Lipinski definition) is 2. The van der Waals surface area contributed by atoms with Crippen LogP contribution in [0.2, 0.25) is 0 Å². The van der Waals surface area contributed by atoms with Crippen LogP contribution in [0.1, 0.15) is 43.5 Å². The Morgan fingerprint density at radius 1 is 1.47 bits per heavy atom. The fraction of sp³-hybridized carbons (Fsp3) is 0.533. The Morgan fingerprint density at radius 3 is 2.74 bits per heavy atom. The van der Waals surface area contributed by atoms with Crippen molar-refractivity contribution in [3.05, 3.63) is 29.6 Å². The van der Waals surface area contributed by atoms with Crippen molar-refractivity contribution in [3.8, 4) is 0 Å². The second-order valence-corrected chi connectivity index (χ2v) is 5.36. The summed E-state index contributed by atoms with van der Waals surface area (Å²) in [7, 11) is 0. The lowest BCUT2D eigenvalue weighted by Crippen LogP contribution is -2.25. The van der Waals surface area contributed by atoms with Gasteiger partial charge in [0.1, 0.15) is 5.82 Å². The molecule has 1 aromatic carbocycles. The standard InChI is InChI=1S/C15H20FNO2/c1-3-10-4-6-13(9(10)2)17-14-7-5-11(15(18)19)8-12(14)16/h5,7-10,13,17H,3-4,6H2,1-2H3,(H,18,19). The maximum atomic E-state index is 13.8. The third-order valence-electron chi connectivity index (χ3n) is 4.31. The van der Waals surface area contributed by atoms with Gasteiger partial charge in [0.15, 0.2) is 0 Å². The second kappa shape index (κ2) is 5.59. The molecule has 0 aliphatic heterocycles. The van der Waals surface area contributed by atoms with Crippen molar-refractivity contribution in [2.45, 2.75) is 39.2 Å². The minimum Gasteiger partial charge on any atom is -0.478 e. The molecule has 0 saturated heterocycles. The maximum Gasteiger partial charge on any atom is 0.335 e. The van der Waals surface area contributed by atoms with Gasteiger partial charge in [0, 0.05) is 6.04 Å². The van der Waals surface area contributed by atoms with Crippen molar-refractivity contribution in [2.24, 2.45) is 11.8 Å². The lowest BCUT2D eigenvalue weighted by molar-refractivity contribution is 0.0696. The van der Waals surface area contributed by atoms with E-state index in [2.05, 4.69) is 19.2 Å². The Labute approximate surface area is 112 Å². The highest BCUT2D eigenvalue weighted by Gasteiger charge is 2.31. The molecular weight excluding hydrogens is 245 g/mol. The number of rotatable bonds is 4. The van der Waals surface area contributed by atoms with Crippen LogP contribution in [0.15, 0.2) is 18.2 Å². The number of halogens is 1. The number of benzene rings is 1. The zero-order valence-electron chi connectivity index (χ0n) is 11.3. The van der Waals surface area contributed by atoms with Crippen LogP contribution in [0.3, 0.4) is 0 Å². The number of aromatic carboxylic acids is 1. The molecule has 0 aromatic heterocycles. The third-order valence-corrected chi connectivity index (χ3v) is 4.31. The normalized spacial score (nSPS) is 26.4. The summed E-state index contributed by atoms with van der Waals surface area (Å²) >= 11 is 0. The topological polar surface area (TPSA) is 49.3 Å². The average molecular weight is 265 g/mol. The van der Waals surface area contributed by atoms with Gasteiger partial charge in [-0.3, -0.25) is 0 Å². The fourth-order valence-electron chi connectivity index (χ4n) is 2.99. The zero-order valence-corrected chi connectivity index (χ0v) is 11.3. The van der Waals surface area contributed by atoms with Crippen LogP contribution in [-0.2, 0) is 0 Å². The number of hydrogen-bond acceptors (Lipinski definition) is 2. The predicted molar refractivity (Wildman–Crippen MR) is 72.9 cm³/mol. The van der Waals surface area contributed by atoms with Crippen LogP contribution in [0, 0.1) is 17.7 Å². The van der Waals surface area contributed by atoms with Crippen LogP contribution >= 0.6 is 0 Å². The number of carboxylic acids is 1. The van der Waals surface area contributed by atoms with Crippen molar-refractivity contribution in [1.82, 2.24) is 0 Å². The van der Waals surface area contributed by atoms with Crippen LogP contribution < -0.4 is 5.32 Å². The van der Waals surface area contributed by atoms with Gasteiger partial charge in [0.25, 0.3) is 0 Å². The Morgan fingerprint density at radius 2 is 2.21 bits per heavy atom.